The van der Waals surface area contributed by atoms with Gasteiger partial charge in [-0.1, -0.05) is 30.3 Å². The molecule has 1 aromatic carbocycles. The second kappa shape index (κ2) is 6.18. The Kier molecular flexibility index (Phi) is 4.29. The molecule has 1 aromatic rings. The maximum Gasteiger partial charge on any atom is 0.305 e. The van der Waals surface area contributed by atoms with Crippen LogP contribution in [0.4, 0.5) is 0 Å². The van der Waals surface area contributed by atoms with Crippen LogP contribution in [0.2, 0.25) is 0 Å². The number of esters is 1. The molecule has 2 aliphatic rings. The summed E-state index contributed by atoms with van der Waals surface area (Å²) in [5, 5.41) is 0. The Labute approximate surface area is 127 Å². The van der Waals surface area contributed by atoms with Crippen LogP contribution in [-0.4, -0.2) is 37.1 Å². The number of hydrogen-bond acceptors (Lipinski definition) is 3. The molecule has 2 saturated heterocycles. The lowest BCUT2D eigenvalue weighted by atomic mass is 9.75. The molecule has 3 nitrogen and oxygen atoms in total. The van der Waals surface area contributed by atoms with Crippen LogP contribution in [0.25, 0.3) is 0 Å². The largest absolute Gasteiger partial charge is 0.469 e. The Morgan fingerprint density at radius 1 is 1.29 bits per heavy atom. The van der Waals surface area contributed by atoms with Gasteiger partial charge in [0, 0.05) is 12.1 Å². The van der Waals surface area contributed by atoms with Gasteiger partial charge in [0.25, 0.3) is 0 Å². The predicted molar refractivity (Wildman–Crippen MR) is 82.9 cm³/mol. The minimum absolute atomic E-state index is 0.0585. The van der Waals surface area contributed by atoms with Crippen LogP contribution in [0.1, 0.15) is 31.2 Å². The normalized spacial score (nSPS) is 32.1. The van der Waals surface area contributed by atoms with E-state index in [1.54, 1.807) is 0 Å². The van der Waals surface area contributed by atoms with Crippen LogP contribution in [-0.2, 0) is 16.0 Å². The molecule has 3 rings (SSSR count). The third-order valence-electron chi connectivity index (χ3n) is 5.54. The summed E-state index contributed by atoms with van der Waals surface area (Å²) >= 11 is 0. The monoisotopic (exact) mass is 287 g/mol. The van der Waals surface area contributed by atoms with Crippen LogP contribution in [0, 0.1) is 11.8 Å². The average molecular weight is 287 g/mol. The molecule has 2 aliphatic heterocycles. The number of rotatable bonds is 4. The summed E-state index contributed by atoms with van der Waals surface area (Å²) in [5.41, 5.74) is 1.39. The summed E-state index contributed by atoms with van der Waals surface area (Å²) in [6.07, 6.45) is 5.38. The van der Waals surface area contributed by atoms with E-state index >= 15 is 0 Å². The zero-order chi connectivity index (χ0) is 14.8. The van der Waals surface area contributed by atoms with E-state index in [2.05, 4.69) is 42.3 Å². The topological polar surface area (TPSA) is 29.5 Å². The SMILES string of the molecule is COC(=O)C[C@@H]1C2CCC(C[C@@H]1Cc1ccccc1)N2C. The number of carbonyl (C=O) groups excluding carboxylic acids is 1. The summed E-state index contributed by atoms with van der Waals surface area (Å²) in [5.74, 6) is 0.971. The van der Waals surface area contributed by atoms with Gasteiger partial charge < -0.3 is 9.64 Å². The standard InChI is InChI=1S/C18H25NO2/c1-19-15-8-9-17(19)16(12-18(20)21-2)14(11-15)10-13-6-4-3-5-7-13/h3-7,14-17H,8-12H2,1-2H3/t14-,15?,16-,17?/m0/s1. The maximum atomic E-state index is 11.8. The summed E-state index contributed by atoms with van der Waals surface area (Å²) in [6, 6.07) is 11.9. The smallest absolute Gasteiger partial charge is 0.305 e. The number of methoxy groups -OCH3 is 1. The van der Waals surface area contributed by atoms with Crippen LogP contribution in [0.3, 0.4) is 0 Å². The first-order valence-corrected chi connectivity index (χ1v) is 8.01. The van der Waals surface area contributed by atoms with E-state index in [0.717, 1.165) is 6.42 Å². The molecule has 2 fully saturated rings. The zero-order valence-corrected chi connectivity index (χ0v) is 13.0. The van der Waals surface area contributed by atoms with Crippen molar-refractivity contribution in [2.45, 2.75) is 44.2 Å². The Bertz CT molecular complexity index is 487. The zero-order valence-electron chi connectivity index (χ0n) is 13.0. The molecule has 0 aliphatic carbocycles. The highest BCUT2D eigenvalue weighted by Gasteiger charge is 2.45. The quantitative estimate of drug-likeness (QED) is 0.798. The van der Waals surface area contributed by atoms with Gasteiger partial charge in [-0.15, -0.1) is 0 Å². The average Bonchev–Trinajstić information content (AvgIpc) is 2.75. The second-order valence-electron chi connectivity index (χ2n) is 6.59. The van der Waals surface area contributed by atoms with Crippen molar-refractivity contribution in [3.8, 4) is 0 Å². The molecule has 0 N–H and O–H groups in total. The van der Waals surface area contributed by atoms with Crippen LogP contribution in [0.15, 0.2) is 30.3 Å². The molecule has 0 amide bonds. The van der Waals surface area contributed by atoms with Crippen molar-refractivity contribution in [2.75, 3.05) is 14.2 Å². The molecule has 0 aromatic heterocycles. The fourth-order valence-electron chi connectivity index (χ4n) is 4.41. The van der Waals surface area contributed by atoms with Gasteiger partial charge in [-0.3, -0.25) is 4.79 Å². The first kappa shape index (κ1) is 14.6. The first-order chi connectivity index (χ1) is 10.2. The van der Waals surface area contributed by atoms with E-state index in [1.165, 1.54) is 31.9 Å². The van der Waals surface area contributed by atoms with Gasteiger partial charge in [0.2, 0.25) is 0 Å². The van der Waals surface area contributed by atoms with Gasteiger partial charge in [0.15, 0.2) is 0 Å². The summed E-state index contributed by atoms with van der Waals surface area (Å²) in [4.78, 5) is 14.3. The van der Waals surface area contributed by atoms with Crippen LogP contribution < -0.4 is 0 Å². The van der Waals surface area contributed by atoms with E-state index in [-0.39, 0.29) is 5.97 Å². The summed E-state index contributed by atoms with van der Waals surface area (Å²) in [7, 11) is 3.73. The van der Waals surface area contributed by atoms with Crippen LogP contribution in [0.5, 0.6) is 0 Å². The third-order valence-corrected chi connectivity index (χ3v) is 5.54. The molecular formula is C18H25NO2. The number of nitrogens with zero attached hydrogens (tertiary/aromatic N) is 1. The Hall–Kier alpha value is -1.35. The minimum atomic E-state index is -0.0585. The highest BCUT2D eigenvalue weighted by atomic mass is 16.5. The van der Waals surface area contributed by atoms with Crippen molar-refractivity contribution in [3.63, 3.8) is 0 Å². The minimum Gasteiger partial charge on any atom is -0.469 e. The summed E-state index contributed by atoms with van der Waals surface area (Å²) < 4.78 is 4.94. The van der Waals surface area contributed by atoms with Gasteiger partial charge in [0.05, 0.1) is 13.5 Å². The van der Waals surface area contributed by atoms with Crippen molar-refractivity contribution < 1.29 is 9.53 Å². The molecule has 0 radical (unpaired) electrons. The van der Waals surface area contributed by atoms with Crippen molar-refractivity contribution in [1.29, 1.82) is 0 Å². The summed E-state index contributed by atoms with van der Waals surface area (Å²) in [6.45, 7) is 0. The maximum absolute atomic E-state index is 11.8. The van der Waals surface area contributed by atoms with E-state index in [4.69, 9.17) is 4.74 Å². The van der Waals surface area contributed by atoms with Crippen LogP contribution >= 0.6 is 0 Å². The fourth-order valence-corrected chi connectivity index (χ4v) is 4.41. The molecule has 0 saturated carbocycles. The fraction of sp³-hybridized carbons (Fsp3) is 0.611. The lowest BCUT2D eigenvalue weighted by Gasteiger charge is -2.43. The number of piperidine rings is 1. The molecule has 2 heterocycles. The van der Waals surface area contributed by atoms with Gasteiger partial charge in [0.1, 0.15) is 0 Å². The highest BCUT2D eigenvalue weighted by molar-refractivity contribution is 5.69. The molecule has 0 spiro atoms. The highest BCUT2D eigenvalue weighted by Crippen LogP contribution is 2.44. The van der Waals surface area contributed by atoms with Gasteiger partial charge in [-0.05, 0) is 50.1 Å². The van der Waals surface area contributed by atoms with Crippen molar-refractivity contribution in [3.05, 3.63) is 35.9 Å². The lowest BCUT2D eigenvalue weighted by Crippen LogP contribution is -2.47. The number of fused-ring (bicyclic) bond motifs is 2. The van der Waals surface area contributed by atoms with Gasteiger partial charge in [-0.25, -0.2) is 0 Å². The van der Waals surface area contributed by atoms with E-state index in [9.17, 15) is 4.79 Å². The Morgan fingerprint density at radius 2 is 2.05 bits per heavy atom. The van der Waals surface area contributed by atoms with E-state index in [1.807, 2.05) is 0 Å². The Morgan fingerprint density at radius 3 is 2.76 bits per heavy atom. The number of ether oxygens (including phenoxy) is 1. The Balaban J connectivity index is 1.77. The second-order valence-corrected chi connectivity index (χ2v) is 6.59. The molecule has 4 atom stereocenters. The van der Waals surface area contributed by atoms with E-state index in [0.29, 0.717) is 30.3 Å². The molecular weight excluding hydrogens is 262 g/mol. The number of hydrogen-bond donors (Lipinski definition) is 0. The van der Waals surface area contributed by atoms with Crippen molar-refractivity contribution >= 4 is 5.97 Å². The molecule has 3 heteroatoms. The number of carbonyl (C=O) groups is 1. The number of benzene rings is 1. The molecule has 2 unspecified atom stereocenters. The van der Waals surface area contributed by atoms with Gasteiger partial charge in [-0.2, -0.15) is 0 Å². The van der Waals surface area contributed by atoms with Crippen molar-refractivity contribution in [1.82, 2.24) is 4.90 Å². The predicted octanol–water partition coefficient (Wildman–Crippen LogP) is 2.89. The molecule has 21 heavy (non-hydrogen) atoms. The van der Waals surface area contributed by atoms with Gasteiger partial charge >= 0.3 is 5.97 Å². The van der Waals surface area contributed by atoms with E-state index < -0.39 is 0 Å². The molecule has 114 valence electrons. The van der Waals surface area contributed by atoms with Crippen molar-refractivity contribution in [2.24, 2.45) is 11.8 Å². The third kappa shape index (κ3) is 2.98. The molecule has 2 bridgehead atoms. The lowest BCUT2D eigenvalue weighted by molar-refractivity contribution is -0.143. The first-order valence-electron chi connectivity index (χ1n) is 8.01.